The monoisotopic (exact) mass is 255 g/mol. The van der Waals surface area contributed by atoms with Crippen molar-refractivity contribution >= 4 is 11.9 Å². The molecule has 6 heteroatoms. The van der Waals surface area contributed by atoms with E-state index in [1.165, 1.54) is 4.90 Å². The van der Waals surface area contributed by atoms with E-state index >= 15 is 0 Å². The van der Waals surface area contributed by atoms with Gasteiger partial charge < -0.3 is 10.1 Å². The lowest BCUT2D eigenvalue weighted by atomic mass is 10.1. The Bertz CT molecular complexity index is 337. The van der Waals surface area contributed by atoms with Crippen molar-refractivity contribution in [1.82, 2.24) is 15.1 Å². The fourth-order valence-electron chi connectivity index (χ4n) is 2.60. The summed E-state index contributed by atoms with van der Waals surface area (Å²) in [4.78, 5) is 27.1. The Hall–Kier alpha value is -1.14. The summed E-state index contributed by atoms with van der Waals surface area (Å²) in [5.74, 6) is -0.119. The summed E-state index contributed by atoms with van der Waals surface area (Å²) in [6.07, 6.45) is 0.243. The molecule has 1 N–H and O–H groups in total. The fraction of sp³-hybridized carbons (Fsp3) is 0.833. The average Bonchev–Trinajstić information content (AvgIpc) is 2.72. The van der Waals surface area contributed by atoms with E-state index in [4.69, 9.17) is 4.74 Å². The van der Waals surface area contributed by atoms with Crippen molar-refractivity contribution in [2.45, 2.75) is 39.0 Å². The minimum Gasteiger partial charge on any atom is -0.373 e. The number of morpholine rings is 1. The van der Waals surface area contributed by atoms with Crippen LogP contribution in [-0.2, 0) is 9.53 Å². The molecule has 0 aromatic heterocycles. The summed E-state index contributed by atoms with van der Waals surface area (Å²) < 4.78 is 5.65. The number of hydrogen-bond acceptors (Lipinski definition) is 4. The number of imide groups is 1. The Morgan fingerprint density at radius 1 is 1.39 bits per heavy atom. The molecule has 3 amide bonds. The lowest BCUT2D eigenvalue weighted by Gasteiger charge is -2.38. The summed E-state index contributed by atoms with van der Waals surface area (Å²) in [7, 11) is 0. The molecule has 18 heavy (non-hydrogen) atoms. The van der Waals surface area contributed by atoms with Crippen molar-refractivity contribution in [2.24, 2.45) is 0 Å². The predicted molar refractivity (Wildman–Crippen MR) is 66.2 cm³/mol. The second kappa shape index (κ2) is 5.24. The Morgan fingerprint density at radius 2 is 2.00 bits per heavy atom. The summed E-state index contributed by atoms with van der Waals surface area (Å²) in [5, 5.41) is 2.65. The number of nitrogens with one attached hydrogen (secondary N) is 1. The van der Waals surface area contributed by atoms with Gasteiger partial charge in [-0.3, -0.25) is 14.6 Å². The first-order valence-corrected chi connectivity index (χ1v) is 6.47. The van der Waals surface area contributed by atoms with Crippen molar-refractivity contribution in [3.05, 3.63) is 0 Å². The van der Waals surface area contributed by atoms with Gasteiger partial charge in [-0.25, -0.2) is 4.79 Å². The van der Waals surface area contributed by atoms with Crippen molar-refractivity contribution in [3.63, 3.8) is 0 Å². The van der Waals surface area contributed by atoms with Crippen LogP contribution in [0.5, 0.6) is 0 Å². The largest absolute Gasteiger partial charge is 0.373 e. The third-order valence-corrected chi connectivity index (χ3v) is 3.48. The minimum absolute atomic E-state index is 0.119. The van der Waals surface area contributed by atoms with Crippen molar-refractivity contribution in [2.75, 3.05) is 26.2 Å². The maximum Gasteiger partial charge on any atom is 0.324 e. The average molecular weight is 255 g/mol. The van der Waals surface area contributed by atoms with Gasteiger partial charge in [0.1, 0.15) is 0 Å². The van der Waals surface area contributed by atoms with Gasteiger partial charge in [0.15, 0.2) is 0 Å². The molecule has 2 heterocycles. The van der Waals surface area contributed by atoms with Gasteiger partial charge in [0.25, 0.3) is 0 Å². The Labute approximate surface area is 107 Å². The number of nitrogens with zero attached hydrogens (tertiary/aromatic N) is 2. The van der Waals surface area contributed by atoms with Crippen LogP contribution in [0.3, 0.4) is 0 Å². The highest BCUT2D eigenvalue weighted by atomic mass is 16.5. The third-order valence-electron chi connectivity index (χ3n) is 3.48. The number of carbonyl (C=O) groups is 2. The number of carbonyl (C=O) groups excluding carboxylic acids is 2. The van der Waals surface area contributed by atoms with Crippen LogP contribution in [0.2, 0.25) is 0 Å². The normalized spacial score (nSPS) is 31.3. The molecule has 0 saturated carbocycles. The molecule has 0 aliphatic carbocycles. The highest BCUT2D eigenvalue weighted by molar-refractivity contribution is 5.98. The van der Waals surface area contributed by atoms with E-state index in [1.54, 1.807) is 0 Å². The molecule has 2 fully saturated rings. The first-order valence-electron chi connectivity index (χ1n) is 6.47. The standard InChI is InChI=1S/C12H21N3O3/c1-8-6-14(7-9(2)18-8)10(3)11(16)15-5-4-13-12(15)17/h8-10H,4-7H2,1-3H3,(H,13,17)/t8-,9+,10-/m0/s1. The molecule has 6 nitrogen and oxygen atoms in total. The highest BCUT2D eigenvalue weighted by Crippen LogP contribution is 2.15. The molecular weight excluding hydrogens is 234 g/mol. The zero-order valence-electron chi connectivity index (χ0n) is 11.2. The zero-order valence-corrected chi connectivity index (χ0v) is 11.2. The molecule has 0 unspecified atom stereocenters. The van der Waals surface area contributed by atoms with Crippen LogP contribution in [0.15, 0.2) is 0 Å². The lowest BCUT2D eigenvalue weighted by molar-refractivity contribution is -0.138. The van der Waals surface area contributed by atoms with Gasteiger partial charge in [-0.2, -0.15) is 0 Å². The van der Waals surface area contributed by atoms with E-state index in [0.717, 1.165) is 13.1 Å². The molecule has 0 aromatic rings. The van der Waals surface area contributed by atoms with E-state index in [9.17, 15) is 9.59 Å². The fourth-order valence-corrected chi connectivity index (χ4v) is 2.60. The summed E-state index contributed by atoms with van der Waals surface area (Å²) in [6.45, 7) is 8.34. The van der Waals surface area contributed by atoms with Crippen molar-refractivity contribution in [3.8, 4) is 0 Å². The van der Waals surface area contributed by atoms with Crippen LogP contribution in [0, 0.1) is 0 Å². The van der Waals surface area contributed by atoms with Crippen LogP contribution in [-0.4, -0.2) is 66.2 Å². The first kappa shape index (κ1) is 13.3. The van der Waals surface area contributed by atoms with E-state index in [0.29, 0.717) is 13.1 Å². The quantitative estimate of drug-likeness (QED) is 0.756. The molecule has 0 aromatic carbocycles. The third kappa shape index (κ3) is 2.64. The summed E-state index contributed by atoms with van der Waals surface area (Å²) in [6, 6.07) is -0.552. The van der Waals surface area contributed by atoms with Crippen LogP contribution in [0.4, 0.5) is 4.79 Å². The topological polar surface area (TPSA) is 61.9 Å². The van der Waals surface area contributed by atoms with Gasteiger partial charge in [-0.15, -0.1) is 0 Å². The maximum atomic E-state index is 12.3. The van der Waals surface area contributed by atoms with Gasteiger partial charge >= 0.3 is 6.03 Å². The predicted octanol–water partition coefficient (Wildman–Crippen LogP) is 0.0359. The Kier molecular flexibility index (Phi) is 3.87. The van der Waals surface area contributed by atoms with Crippen LogP contribution in [0.25, 0.3) is 0 Å². The van der Waals surface area contributed by atoms with Crippen molar-refractivity contribution < 1.29 is 14.3 Å². The van der Waals surface area contributed by atoms with Crippen molar-refractivity contribution in [1.29, 1.82) is 0 Å². The molecule has 2 rings (SSSR count). The van der Waals surface area contributed by atoms with Gasteiger partial charge in [0.05, 0.1) is 18.2 Å². The molecule has 2 saturated heterocycles. The first-order chi connectivity index (χ1) is 8.49. The lowest BCUT2D eigenvalue weighted by Crippen LogP contribution is -2.55. The minimum atomic E-state index is -0.277. The molecule has 2 aliphatic rings. The molecule has 3 atom stereocenters. The number of hydrogen-bond donors (Lipinski definition) is 1. The molecular formula is C12H21N3O3. The molecule has 0 radical (unpaired) electrons. The van der Waals surface area contributed by atoms with E-state index in [2.05, 4.69) is 10.2 Å². The van der Waals surface area contributed by atoms with Crippen LogP contribution >= 0.6 is 0 Å². The van der Waals surface area contributed by atoms with Crippen LogP contribution in [0.1, 0.15) is 20.8 Å². The SMILES string of the molecule is C[C@@H]1CN([C@@H](C)C(=O)N2CCNC2=O)C[C@H](C)O1. The second-order valence-electron chi connectivity index (χ2n) is 5.11. The van der Waals surface area contributed by atoms with E-state index in [-0.39, 0.29) is 30.2 Å². The Morgan fingerprint density at radius 3 is 2.50 bits per heavy atom. The van der Waals surface area contributed by atoms with E-state index in [1.807, 2.05) is 20.8 Å². The maximum absolute atomic E-state index is 12.3. The number of rotatable bonds is 2. The van der Waals surface area contributed by atoms with Gasteiger partial charge in [0.2, 0.25) is 5.91 Å². The zero-order chi connectivity index (χ0) is 13.3. The van der Waals surface area contributed by atoms with Gasteiger partial charge in [-0.05, 0) is 20.8 Å². The van der Waals surface area contributed by atoms with Crippen LogP contribution < -0.4 is 5.32 Å². The van der Waals surface area contributed by atoms with Gasteiger partial charge in [0, 0.05) is 26.2 Å². The second-order valence-corrected chi connectivity index (χ2v) is 5.11. The number of amides is 3. The summed E-state index contributed by atoms with van der Waals surface area (Å²) >= 11 is 0. The number of urea groups is 1. The smallest absolute Gasteiger partial charge is 0.324 e. The number of ether oxygens (including phenoxy) is 1. The molecule has 0 spiro atoms. The molecule has 102 valence electrons. The molecule has 2 aliphatic heterocycles. The Balaban J connectivity index is 1.99. The summed E-state index contributed by atoms with van der Waals surface area (Å²) in [5.41, 5.74) is 0. The highest BCUT2D eigenvalue weighted by Gasteiger charge is 2.35. The molecule has 0 bridgehead atoms. The van der Waals surface area contributed by atoms with E-state index < -0.39 is 0 Å². The van der Waals surface area contributed by atoms with Gasteiger partial charge in [-0.1, -0.05) is 0 Å².